The molecule has 0 aromatic heterocycles. The van der Waals surface area contributed by atoms with Gasteiger partial charge >= 0.3 is 5.97 Å². The Balaban J connectivity index is 2.38. The van der Waals surface area contributed by atoms with E-state index in [1.165, 1.54) is 0 Å². The van der Waals surface area contributed by atoms with E-state index in [1.807, 2.05) is 6.07 Å². The Morgan fingerprint density at radius 1 is 1.19 bits per heavy atom. The van der Waals surface area contributed by atoms with Gasteiger partial charge in [0.05, 0.1) is 12.8 Å². The third-order valence-electron chi connectivity index (χ3n) is 2.84. The minimum Gasteiger partial charge on any atom is -0.485 e. The van der Waals surface area contributed by atoms with Crippen LogP contribution in [0.15, 0.2) is 36.4 Å². The zero-order valence-corrected chi connectivity index (χ0v) is 11.2. The summed E-state index contributed by atoms with van der Waals surface area (Å²) in [5, 5.41) is 0. The first-order valence-electron chi connectivity index (χ1n) is 6.07. The molecule has 2 N–H and O–H groups in total. The van der Waals surface area contributed by atoms with Crippen LogP contribution in [-0.4, -0.2) is 13.1 Å². The molecule has 0 saturated heterocycles. The maximum Gasteiger partial charge on any atom is 0.344 e. The summed E-state index contributed by atoms with van der Waals surface area (Å²) in [6, 6.07) is 9.50. The lowest BCUT2D eigenvalue weighted by molar-refractivity contribution is 0.0595. The number of halogens is 2. The van der Waals surface area contributed by atoms with E-state index in [0.717, 1.165) is 12.7 Å². The molecule has 0 spiro atoms. The molecule has 0 radical (unpaired) electrons. The quantitative estimate of drug-likeness (QED) is 0.695. The number of esters is 1. The van der Waals surface area contributed by atoms with E-state index in [2.05, 4.69) is 4.74 Å². The molecule has 110 valence electrons. The van der Waals surface area contributed by atoms with E-state index in [-0.39, 0.29) is 6.61 Å². The van der Waals surface area contributed by atoms with Crippen LogP contribution in [0.4, 0.5) is 14.5 Å². The van der Waals surface area contributed by atoms with Gasteiger partial charge in [0.1, 0.15) is 18.0 Å². The first-order chi connectivity index (χ1) is 10.0. The summed E-state index contributed by atoms with van der Waals surface area (Å²) < 4.78 is 37.1. The number of nitrogens with two attached hydrogens (primary N) is 1. The fourth-order valence-electron chi connectivity index (χ4n) is 1.79. The van der Waals surface area contributed by atoms with Crippen molar-refractivity contribution in [2.75, 3.05) is 12.8 Å². The molecule has 0 aliphatic heterocycles. The topological polar surface area (TPSA) is 61.5 Å². The number of carbonyl (C=O) groups excluding carboxylic acids is 1. The molecule has 0 amide bonds. The van der Waals surface area contributed by atoms with Gasteiger partial charge in [0.2, 0.25) is 0 Å². The average molecular weight is 293 g/mol. The number of nitrogen functional groups attached to an aromatic ring is 1. The van der Waals surface area contributed by atoms with Crippen LogP contribution in [0.5, 0.6) is 5.75 Å². The van der Waals surface area contributed by atoms with Gasteiger partial charge in [-0.2, -0.15) is 0 Å². The second-order valence-electron chi connectivity index (χ2n) is 4.22. The molecule has 0 bridgehead atoms. The van der Waals surface area contributed by atoms with Crippen LogP contribution in [0, 0.1) is 11.6 Å². The lowest BCUT2D eigenvalue weighted by atomic mass is 10.1. The van der Waals surface area contributed by atoms with E-state index in [0.29, 0.717) is 6.07 Å². The monoisotopic (exact) mass is 293 g/mol. The Morgan fingerprint density at radius 3 is 2.48 bits per heavy atom. The van der Waals surface area contributed by atoms with Crippen LogP contribution < -0.4 is 10.5 Å². The van der Waals surface area contributed by atoms with E-state index < -0.39 is 34.6 Å². The number of anilines is 1. The Kier molecular flexibility index (Phi) is 4.37. The van der Waals surface area contributed by atoms with Gasteiger partial charge in [0.15, 0.2) is 11.6 Å². The van der Waals surface area contributed by atoms with Gasteiger partial charge in [-0.15, -0.1) is 0 Å². The van der Waals surface area contributed by atoms with Gasteiger partial charge < -0.3 is 15.2 Å². The fourth-order valence-corrected chi connectivity index (χ4v) is 1.79. The Labute approximate surface area is 120 Å². The first-order valence-corrected chi connectivity index (χ1v) is 6.07. The molecule has 21 heavy (non-hydrogen) atoms. The second-order valence-corrected chi connectivity index (χ2v) is 4.22. The van der Waals surface area contributed by atoms with Crippen molar-refractivity contribution in [3.05, 3.63) is 59.2 Å². The number of hydrogen-bond acceptors (Lipinski definition) is 4. The zero-order chi connectivity index (χ0) is 15.4. The molecule has 0 aliphatic carbocycles. The van der Waals surface area contributed by atoms with Crippen molar-refractivity contribution >= 4 is 11.7 Å². The molecule has 0 heterocycles. The summed E-state index contributed by atoms with van der Waals surface area (Å²) in [6.45, 7) is 0.00677. The van der Waals surface area contributed by atoms with E-state index >= 15 is 0 Å². The average Bonchev–Trinajstić information content (AvgIpc) is 2.49. The minimum atomic E-state index is -1.04. The molecule has 2 aromatic rings. The highest BCUT2D eigenvalue weighted by molar-refractivity contribution is 5.98. The SMILES string of the molecule is COC(=O)c1c(N)c(F)cc(F)c1OCc1ccccc1. The smallest absolute Gasteiger partial charge is 0.344 e. The normalized spacial score (nSPS) is 10.2. The minimum absolute atomic E-state index is 0.00677. The fraction of sp³-hybridized carbons (Fsp3) is 0.133. The van der Waals surface area contributed by atoms with Crippen molar-refractivity contribution in [2.24, 2.45) is 0 Å². The van der Waals surface area contributed by atoms with Gasteiger partial charge in [0.25, 0.3) is 0 Å². The van der Waals surface area contributed by atoms with Gasteiger partial charge in [0, 0.05) is 6.07 Å². The third kappa shape index (κ3) is 3.10. The van der Waals surface area contributed by atoms with Crippen LogP contribution in [0.1, 0.15) is 15.9 Å². The largest absolute Gasteiger partial charge is 0.485 e. The number of carbonyl (C=O) groups is 1. The molecule has 2 rings (SSSR count). The molecular formula is C15H13F2NO3. The van der Waals surface area contributed by atoms with Crippen LogP contribution in [0.3, 0.4) is 0 Å². The molecule has 2 aromatic carbocycles. The van der Waals surface area contributed by atoms with Crippen molar-refractivity contribution in [2.45, 2.75) is 6.61 Å². The van der Waals surface area contributed by atoms with E-state index in [4.69, 9.17) is 10.5 Å². The van der Waals surface area contributed by atoms with Crippen molar-refractivity contribution in [1.29, 1.82) is 0 Å². The highest BCUT2D eigenvalue weighted by Gasteiger charge is 2.24. The highest BCUT2D eigenvalue weighted by Crippen LogP contribution is 2.31. The highest BCUT2D eigenvalue weighted by atomic mass is 19.1. The van der Waals surface area contributed by atoms with Crippen molar-refractivity contribution in [3.63, 3.8) is 0 Å². The first kappa shape index (κ1) is 14.8. The van der Waals surface area contributed by atoms with Gasteiger partial charge in [-0.1, -0.05) is 30.3 Å². The number of hydrogen-bond donors (Lipinski definition) is 1. The summed E-state index contributed by atoms with van der Waals surface area (Å²) in [5.74, 6) is -3.45. The van der Waals surface area contributed by atoms with Gasteiger partial charge in [-0.25, -0.2) is 13.6 Å². The van der Waals surface area contributed by atoms with Crippen LogP contribution in [0.2, 0.25) is 0 Å². The van der Waals surface area contributed by atoms with Crippen LogP contribution in [-0.2, 0) is 11.3 Å². The summed E-state index contributed by atoms with van der Waals surface area (Å²) >= 11 is 0. The van der Waals surface area contributed by atoms with Gasteiger partial charge in [-0.05, 0) is 5.56 Å². The molecular weight excluding hydrogens is 280 g/mol. The van der Waals surface area contributed by atoms with Crippen molar-refractivity contribution in [1.82, 2.24) is 0 Å². The number of ether oxygens (including phenoxy) is 2. The maximum absolute atomic E-state index is 13.9. The molecule has 0 fully saturated rings. The molecule has 0 aliphatic rings. The Bertz CT molecular complexity index is 660. The van der Waals surface area contributed by atoms with Gasteiger partial charge in [-0.3, -0.25) is 0 Å². The summed E-state index contributed by atoms with van der Waals surface area (Å²) in [6.07, 6.45) is 0. The number of rotatable bonds is 4. The summed E-state index contributed by atoms with van der Waals surface area (Å²) in [4.78, 5) is 11.7. The third-order valence-corrected chi connectivity index (χ3v) is 2.84. The van der Waals surface area contributed by atoms with Crippen LogP contribution in [0.25, 0.3) is 0 Å². The zero-order valence-electron chi connectivity index (χ0n) is 11.2. The second kappa shape index (κ2) is 6.21. The lowest BCUT2D eigenvalue weighted by Crippen LogP contribution is -2.12. The summed E-state index contributed by atoms with van der Waals surface area (Å²) in [5.41, 5.74) is 5.27. The van der Waals surface area contributed by atoms with Crippen molar-refractivity contribution < 1.29 is 23.0 Å². The van der Waals surface area contributed by atoms with E-state index in [1.54, 1.807) is 24.3 Å². The molecule has 6 heteroatoms. The molecule has 0 unspecified atom stereocenters. The maximum atomic E-state index is 13.9. The lowest BCUT2D eigenvalue weighted by Gasteiger charge is -2.13. The standard InChI is InChI=1S/C15H13F2NO3/c1-20-15(19)12-13(18)10(16)7-11(17)14(12)21-8-9-5-3-2-4-6-9/h2-7H,8,18H2,1H3. The Morgan fingerprint density at radius 2 is 1.86 bits per heavy atom. The molecule has 0 saturated carbocycles. The number of methoxy groups -OCH3 is 1. The predicted octanol–water partition coefficient (Wildman–Crippen LogP) is 2.91. The predicted molar refractivity (Wildman–Crippen MR) is 72.9 cm³/mol. The number of benzene rings is 2. The Hall–Kier alpha value is -2.63. The molecule has 4 nitrogen and oxygen atoms in total. The van der Waals surface area contributed by atoms with Crippen LogP contribution >= 0.6 is 0 Å². The van der Waals surface area contributed by atoms with E-state index in [9.17, 15) is 13.6 Å². The van der Waals surface area contributed by atoms with Crippen molar-refractivity contribution in [3.8, 4) is 5.75 Å². The summed E-state index contributed by atoms with van der Waals surface area (Å²) in [7, 11) is 1.09. The molecule has 0 atom stereocenters.